The highest BCUT2D eigenvalue weighted by Crippen LogP contribution is 2.42. The van der Waals surface area contributed by atoms with Gasteiger partial charge in [-0.1, -0.05) is 32.3 Å². The molecule has 1 saturated carbocycles. The van der Waals surface area contributed by atoms with E-state index < -0.39 is 0 Å². The molecule has 1 heterocycles. The maximum atomic E-state index is 5.65. The molecular weight excluding hydrogens is 136 g/mol. The first-order chi connectivity index (χ1) is 5.33. The SMILES string of the molecule is C=C1COC12CCCCCC2. The Balaban J connectivity index is 2.04. The van der Waals surface area contributed by atoms with Gasteiger partial charge in [0.15, 0.2) is 0 Å². The van der Waals surface area contributed by atoms with Crippen LogP contribution in [0.5, 0.6) is 0 Å². The fourth-order valence-electron chi connectivity index (χ4n) is 2.18. The van der Waals surface area contributed by atoms with Gasteiger partial charge in [-0.2, -0.15) is 0 Å². The molecule has 0 bridgehead atoms. The molecule has 0 radical (unpaired) electrons. The average Bonchev–Trinajstić information content (AvgIpc) is 2.28. The third-order valence-electron chi connectivity index (χ3n) is 3.08. The van der Waals surface area contributed by atoms with Crippen molar-refractivity contribution in [3.63, 3.8) is 0 Å². The Labute approximate surface area is 68.4 Å². The molecule has 0 aromatic heterocycles. The molecule has 0 N–H and O–H groups in total. The van der Waals surface area contributed by atoms with Crippen LogP contribution < -0.4 is 0 Å². The summed E-state index contributed by atoms with van der Waals surface area (Å²) >= 11 is 0. The first kappa shape index (κ1) is 7.35. The third-order valence-corrected chi connectivity index (χ3v) is 3.08. The fraction of sp³-hybridized carbons (Fsp3) is 0.800. The van der Waals surface area contributed by atoms with Crippen molar-refractivity contribution in [2.75, 3.05) is 6.61 Å². The van der Waals surface area contributed by atoms with Crippen LogP contribution in [0, 0.1) is 0 Å². The summed E-state index contributed by atoms with van der Waals surface area (Å²) in [6.07, 6.45) is 7.90. The van der Waals surface area contributed by atoms with Gasteiger partial charge in [-0.3, -0.25) is 0 Å². The molecule has 62 valence electrons. The van der Waals surface area contributed by atoms with Crippen molar-refractivity contribution < 1.29 is 4.74 Å². The Morgan fingerprint density at radius 1 is 1.09 bits per heavy atom. The Hall–Kier alpha value is -0.300. The molecule has 0 atom stereocenters. The molecule has 1 aliphatic carbocycles. The topological polar surface area (TPSA) is 9.23 Å². The first-order valence-electron chi connectivity index (χ1n) is 4.66. The summed E-state index contributed by atoms with van der Waals surface area (Å²) in [5, 5.41) is 0. The Kier molecular flexibility index (Phi) is 1.76. The molecule has 11 heavy (non-hydrogen) atoms. The van der Waals surface area contributed by atoms with E-state index in [4.69, 9.17) is 4.74 Å². The normalized spacial score (nSPS) is 29.6. The molecule has 1 spiro atoms. The lowest BCUT2D eigenvalue weighted by molar-refractivity contribution is -0.0904. The van der Waals surface area contributed by atoms with Crippen molar-refractivity contribution in [3.05, 3.63) is 12.2 Å². The van der Waals surface area contributed by atoms with E-state index in [1.54, 1.807) is 0 Å². The van der Waals surface area contributed by atoms with Crippen LogP contribution in [0.3, 0.4) is 0 Å². The lowest BCUT2D eigenvalue weighted by atomic mass is 9.83. The standard InChI is InChI=1S/C10H16O/c1-9-8-11-10(9)6-4-2-3-5-7-10/h1-8H2. The maximum absolute atomic E-state index is 5.65. The zero-order valence-corrected chi connectivity index (χ0v) is 7.07. The minimum absolute atomic E-state index is 0.149. The average molecular weight is 152 g/mol. The molecule has 2 rings (SSSR count). The molecule has 1 saturated heterocycles. The summed E-state index contributed by atoms with van der Waals surface area (Å²) in [5.74, 6) is 0. The largest absolute Gasteiger partial charge is 0.366 e. The predicted molar refractivity (Wildman–Crippen MR) is 45.5 cm³/mol. The van der Waals surface area contributed by atoms with E-state index in [2.05, 4.69) is 6.58 Å². The van der Waals surface area contributed by atoms with E-state index in [0.717, 1.165) is 6.61 Å². The van der Waals surface area contributed by atoms with Crippen molar-refractivity contribution in [2.24, 2.45) is 0 Å². The predicted octanol–water partition coefficient (Wildman–Crippen LogP) is 2.67. The van der Waals surface area contributed by atoms with Gasteiger partial charge in [0.2, 0.25) is 0 Å². The lowest BCUT2D eigenvalue weighted by Crippen LogP contribution is -2.45. The van der Waals surface area contributed by atoms with Crippen molar-refractivity contribution in [1.82, 2.24) is 0 Å². The Bertz CT molecular complexity index is 164. The molecular formula is C10H16O. The second-order valence-corrected chi connectivity index (χ2v) is 3.80. The van der Waals surface area contributed by atoms with E-state index in [1.807, 2.05) is 0 Å². The van der Waals surface area contributed by atoms with Gasteiger partial charge in [0, 0.05) is 0 Å². The van der Waals surface area contributed by atoms with E-state index in [9.17, 15) is 0 Å². The van der Waals surface area contributed by atoms with Crippen LogP contribution >= 0.6 is 0 Å². The molecule has 1 aliphatic heterocycles. The van der Waals surface area contributed by atoms with Crippen LogP contribution in [0.1, 0.15) is 38.5 Å². The van der Waals surface area contributed by atoms with Crippen LogP contribution in [0.2, 0.25) is 0 Å². The van der Waals surface area contributed by atoms with Crippen molar-refractivity contribution >= 4 is 0 Å². The summed E-state index contributed by atoms with van der Waals surface area (Å²) in [5.41, 5.74) is 1.50. The summed E-state index contributed by atoms with van der Waals surface area (Å²) in [6.45, 7) is 4.87. The van der Waals surface area contributed by atoms with E-state index in [1.165, 1.54) is 44.1 Å². The van der Waals surface area contributed by atoms with Crippen LogP contribution in [0.4, 0.5) is 0 Å². The summed E-state index contributed by atoms with van der Waals surface area (Å²) in [7, 11) is 0. The highest BCUT2D eigenvalue weighted by atomic mass is 16.5. The number of ether oxygens (including phenoxy) is 1. The summed E-state index contributed by atoms with van der Waals surface area (Å²) < 4.78 is 5.65. The van der Waals surface area contributed by atoms with Gasteiger partial charge in [0.05, 0.1) is 12.2 Å². The fourth-order valence-corrected chi connectivity index (χ4v) is 2.18. The molecule has 0 unspecified atom stereocenters. The minimum atomic E-state index is 0.149. The van der Waals surface area contributed by atoms with Crippen molar-refractivity contribution in [3.8, 4) is 0 Å². The van der Waals surface area contributed by atoms with E-state index in [-0.39, 0.29) is 5.60 Å². The van der Waals surface area contributed by atoms with Crippen molar-refractivity contribution in [1.29, 1.82) is 0 Å². The van der Waals surface area contributed by atoms with Gasteiger partial charge in [0.1, 0.15) is 0 Å². The number of hydrogen-bond donors (Lipinski definition) is 0. The number of hydrogen-bond acceptors (Lipinski definition) is 1. The van der Waals surface area contributed by atoms with Gasteiger partial charge in [0.25, 0.3) is 0 Å². The molecule has 0 aromatic carbocycles. The Morgan fingerprint density at radius 2 is 1.73 bits per heavy atom. The zero-order valence-electron chi connectivity index (χ0n) is 7.07. The zero-order chi connectivity index (χ0) is 7.73. The van der Waals surface area contributed by atoms with E-state index >= 15 is 0 Å². The molecule has 2 fully saturated rings. The molecule has 2 aliphatic rings. The van der Waals surface area contributed by atoms with Gasteiger partial charge < -0.3 is 4.74 Å². The van der Waals surface area contributed by atoms with Gasteiger partial charge in [-0.25, -0.2) is 0 Å². The second kappa shape index (κ2) is 2.63. The van der Waals surface area contributed by atoms with Crippen LogP contribution in [0.15, 0.2) is 12.2 Å². The second-order valence-electron chi connectivity index (χ2n) is 3.80. The molecule has 1 heteroatoms. The third kappa shape index (κ3) is 1.12. The monoisotopic (exact) mass is 152 g/mol. The molecule has 0 amide bonds. The smallest absolute Gasteiger partial charge is 0.0915 e. The minimum Gasteiger partial charge on any atom is -0.366 e. The summed E-state index contributed by atoms with van der Waals surface area (Å²) in [6, 6.07) is 0. The van der Waals surface area contributed by atoms with Crippen LogP contribution in [0.25, 0.3) is 0 Å². The van der Waals surface area contributed by atoms with Crippen molar-refractivity contribution in [2.45, 2.75) is 44.1 Å². The Morgan fingerprint density at radius 3 is 2.09 bits per heavy atom. The lowest BCUT2D eigenvalue weighted by Gasteiger charge is -2.43. The van der Waals surface area contributed by atoms with Gasteiger partial charge >= 0.3 is 0 Å². The first-order valence-corrected chi connectivity index (χ1v) is 4.66. The molecule has 0 aromatic rings. The number of rotatable bonds is 0. The van der Waals surface area contributed by atoms with Crippen LogP contribution in [-0.2, 0) is 4.74 Å². The van der Waals surface area contributed by atoms with Gasteiger partial charge in [-0.15, -0.1) is 0 Å². The highest BCUT2D eigenvalue weighted by Gasteiger charge is 2.41. The quantitative estimate of drug-likeness (QED) is 0.485. The summed E-state index contributed by atoms with van der Waals surface area (Å²) in [4.78, 5) is 0. The van der Waals surface area contributed by atoms with E-state index in [0.29, 0.717) is 0 Å². The highest BCUT2D eigenvalue weighted by molar-refractivity contribution is 5.21. The van der Waals surface area contributed by atoms with Crippen LogP contribution in [-0.4, -0.2) is 12.2 Å². The maximum Gasteiger partial charge on any atom is 0.0915 e. The van der Waals surface area contributed by atoms with Gasteiger partial charge in [-0.05, 0) is 18.4 Å². The molecule has 1 nitrogen and oxygen atoms in total.